The van der Waals surface area contributed by atoms with Gasteiger partial charge in [-0.25, -0.2) is 9.97 Å². The maximum absolute atomic E-state index is 9.84. The maximum Gasteiger partial charge on any atom is 0.324 e. The number of ether oxygens (including phenoxy) is 2. The van der Waals surface area contributed by atoms with Gasteiger partial charge in [0.1, 0.15) is 23.5 Å². The molecule has 150 valence electrons. The van der Waals surface area contributed by atoms with E-state index in [-0.39, 0.29) is 31.0 Å². The van der Waals surface area contributed by atoms with Crippen LogP contribution >= 0.6 is 18.9 Å². The monoisotopic (exact) mass is 435 g/mol. The number of imidazole rings is 1. The summed E-state index contributed by atoms with van der Waals surface area (Å²) in [6.07, 6.45) is 1.05. The number of fused-ring (bicyclic) bond motifs is 1. The molecule has 1 fully saturated rings. The number of aromatic amines is 1. The number of hydrogen-bond acceptors (Lipinski definition) is 9. The van der Waals surface area contributed by atoms with E-state index in [1.807, 2.05) is 13.8 Å². The summed E-state index contributed by atoms with van der Waals surface area (Å²) in [6, 6.07) is 0. The molecule has 4 atom stereocenters. The van der Waals surface area contributed by atoms with Crippen molar-refractivity contribution < 1.29 is 23.4 Å². The van der Waals surface area contributed by atoms with E-state index in [1.54, 1.807) is 10.9 Å². The molecule has 0 spiro atoms. The Bertz CT molecular complexity index is 919. The van der Waals surface area contributed by atoms with Crippen molar-refractivity contribution >= 4 is 47.9 Å². The molecule has 1 unspecified atom stereocenters. The molecule has 27 heavy (non-hydrogen) atoms. The molecule has 4 N–H and O–H groups in total. The van der Waals surface area contributed by atoms with Crippen molar-refractivity contribution in [2.24, 2.45) is 0 Å². The van der Waals surface area contributed by atoms with Gasteiger partial charge in [-0.05, 0) is 25.7 Å². The second-order valence-electron chi connectivity index (χ2n) is 6.31. The van der Waals surface area contributed by atoms with Crippen molar-refractivity contribution in [3.05, 3.63) is 11.0 Å². The number of aromatic nitrogens is 4. The molecule has 1 aliphatic heterocycles. The summed E-state index contributed by atoms with van der Waals surface area (Å²) in [7, 11) is 1.31. The number of rotatable bonds is 7. The second-order valence-corrected chi connectivity index (χ2v) is 9.64. The first-order chi connectivity index (χ1) is 12.7. The van der Waals surface area contributed by atoms with E-state index >= 15 is 0 Å². The Balaban J connectivity index is 1.85. The molecule has 3 rings (SSSR count). The van der Waals surface area contributed by atoms with E-state index in [0.29, 0.717) is 22.2 Å². The lowest BCUT2D eigenvalue weighted by molar-refractivity contribution is -0.0712. The lowest BCUT2D eigenvalue weighted by atomic mass is 10.2. The number of H-pyrrole nitrogens is 1. The summed E-state index contributed by atoms with van der Waals surface area (Å²) in [5, 5.41) is 0. The summed E-state index contributed by atoms with van der Waals surface area (Å²) in [6.45, 7) is 0.634. The molecular formula is C14H22N5O5PS2. The van der Waals surface area contributed by atoms with Gasteiger partial charge in [-0.2, -0.15) is 0 Å². The number of nitrogen functional groups attached to an aromatic ring is 1. The zero-order valence-electron chi connectivity index (χ0n) is 15.1. The van der Waals surface area contributed by atoms with E-state index in [1.165, 1.54) is 7.11 Å². The zero-order valence-corrected chi connectivity index (χ0v) is 17.6. The van der Waals surface area contributed by atoms with Crippen molar-refractivity contribution in [2.75, 3.05) is 19.5 Å². The third-order valence-corrected chi connectivity index (χ3v) is 6.02. The van der Waals surface area contributed by atoms with Gasteiger partial charge in [0.15, 0.2) is 10.6 Å². The highest BCUT2D eigenvalue weighted by Gasteiger charge is 2.39. The summed E-state index contributed by atoms with van der Waals surface area (Å²) < 4.78 is 24.3. The number of hydrogen-bond donors (Lipinski definition) is 3. The number of nitrogens with one attached hydrogen (secondary N) is 1. The molecule has 0 radical (unpaired) electrons. The molecular weight excluding hydrogens is 413 g/mol. The van der Waals surface area contributed by atoms with Crippen LogP contribution in [-0.2, 0) is 30.3 Å². The van der Waals surface area contributed by atoms with Crippen molar-refractivity contribution in [3.8, 4) is 0 Å². The zero-order chi connectivity index (χ0) is 19.8. The fourth-order valence-corrected chi connectivity index (χ4v) is 3.78. The molecule has 10 nitrogen and oxygen atoms in total. The average Bonchev–Trinajstić information content (AvgIpc) is 3.16. The standard InChI is InChI=1S/C14H22N5O5PS2/c1-7(2)23-8-4-10(24-9(8)5-22-25(20,27)21-3)19-6-16-11-12(19)17-14(15)18-13(11)26/h6-10H,4-5H2,1-3H3,(H,20,27)(H3,15,17,18,26)/t8-,9+,10+,25?/m0/s1. The molecule has 1 aliphatic rings. The van der Waals surface area contributed by atoms with Gasteiger partial charge in [0.2, 0.25) is 0 Å². The van der Waals surface area contributed by atoms with Crippen LogP contribution in [-0.4, -0.2) is 56.4 Å². The Labute approximate surface area is 166 Å². The number of nitrogens with zero attached hydrogens (tertiary/aromatic N) is 3. The Hall–Kier alpha value is -0.980. The van der Waals surface area contributed by atoms with E-state index in [9.17, 15) is 4.89 Å². The minimum Gasteiger partial charge on any atom is -0.373 e. The van der Waals surface area contributed by atoms with E-state index in [0.717, 1.165) is 0 Å². The Kier molecular flexibility index (Phi) is 6.28. The summed E-state index contributed by atoms with van der Waals surface area (Å²) in [5.41, 5.74) is 6.93. The first kappa shape index (κ1) is 20.7. The minimum absolute atomic E-state index is 0.00959. The largest absolute Gasteiger partial charge is 0.373 e. The van der Waals surface area contributed by atoms with Crippen LogP contribution in [0.4, 0.5) is 5.95 Å². The lowest BCUT2D eigenvalue weighted by Crippen LogP contribution is -2.30. The fourth-order valence-electron chi connectivity index (χ4n) is 2.91. The van der Waals surface area contributed by atoms with Gasteiger partial charge < -0.3 is 34.1 Å². The van der Waals surface area contributed by atoms with Gasteiger partial charge >= 0.3 is 6.72 Å². The third kappa shape index (κ3) is 4.72. The van der Waals surface area contributed by atoms with Crippen molar-refractivity contribution in [2.45, 2.75) is 44.8 Å². The summed E-state index contributed by atoms with van der Waals surface area (Å²) >= 11 is 10.1. The van der Waals surface area contributed by atoms with Crippen LogP contribution in [0, 0.1) is 4.64 Å². The molecule has 3 heterocycles. The minimum atomic E-state index is -3.28. The molecule has 0 amide bonds. The predicted molar refractivity (Wildman–Crippen MR) is 105 cm³/mol. The van der Waals surface area contributed by atoms with E-state index < -0.39 is 12.8 Å². The van der Waals surface area contributed by atoms with E-state index in [2.05, 4.69) is 15.0 Å². The van der Waals surface area contributed by atoms with Gasteiger partial charge in [-0.15, -0.1) is 0 Å². The fraction of sp³-hybridized carbons (Fsp3) is 0.643. The van der Waals surface area contributed by atoms with Gasteiger partial charge in [0.25, 0.3) is 0 Å². The smallest absolute Gasteiger partial charge is 0.324 e. The second kappa shape index (κ2) is 8.18. The molecule has 2 aromatic heterocycles. The number of nitrogens with two attached hydrogens (primary N) is 1. The molecule has 0 bridgehead atoms. The highest BCUT2D eigenvalue weighted by Crippen LogP contribution is 2.44. The Morgan fingerprint density at radius 1 is 1.56 bits per heavy atom. The van der Waals surface area contributed by atoms with Crippen molar-refractivity contribution in [1.82, 2.24) is 19.5 Å². The number of anilines is 1. The van der Waals surface area contributed by atoms with Crippen LogP contribution in [0.5, 0.6) is 0 Å². The van der Waals surface area contributed by atoms with Crippen molar-refractivity contribution in [3.63, 3.8) is 0 Å². The molecule has 2 aromatic rings. The Morgan fingerprint density at radius 3 is 2.96 bits per heavy atom. The van der Waals surface area contributed by atoms with E-state index in [4.69, 9.17) is 48.3 Å². The first-order valence-electron chi connectivity index (χ1n) is 8.26. The topological polar surface area (TPSA) is 130 Å². The van der Waals surface area contributed by atoms with Crippen LogP contribution < -0.4 is 5.73 Å². The van der Waals surface area contributed by atoms with Crippen LogP contribution in [0.25, 0.3) is 11.2 Å². The molecule has 0 aliphatic carbocycles. The average molecular weight is 435 g/mol. The third-order valence-electron chi connectivity index (χ3n) is 4.04. The lowest BCUT2D eigenvalue weighted by Gasteiger charge is -2.22. The molecule has 0 aromatic carbocycles. The highest BCUT2D eigenvalue weighted by atomic mass is 32.5. The maximum atomic E-state index is 9.84. The first-order valence-corrected chi connectivity index (χ1v) is 11.3. The predicted octanol–water partition coefficient (Wildman–Crippen LogP) is 2.03. The van der Waals surface area contributed by atoms with Gasteiger partial charge in [-0.1, -0.05) is 12.2 Å². The van der Waals surface area contributed by atoms with Gasteiger partial charge in [0.05, 0.1) is 25.1 Å². The van der Waals surface area contributed by atoms with Gasteiger partial charge in [0, 0.05) is 13.5 Å². The van der Waals surface area contributed by atoms with Crippen LogP contribution in [0.15, 0.2) is 6.33 Å². The SMILES string of the molecule is COP(O)(=S)OC[C@H]1O[C@@H](n2cnc3c(=S)nc(N)[nH]c32)C[C@@H]1OC(C)C. The normalized spacial score (nSPS) is 25.3. The summed E-state index contributed by atoms with van der Waals surface area (Å²) in [5.74, 6) is 0.197. The summed E-state index contributed by atoms with van der Waals surface area (Å²) in [4.78, 5) is 21.1. The molecule has 0 saturated carbocycles. The molecule has 13 heteroatoms. The van der Waals surface area contributed by atoms with Crippen LogP contribution in [0.3, 0.4) is 0 Å². The quantitative estimate of drug-likeness (QED) is 0.439. The Morgan fingerprint density at radius 2 is 2.30 bits per heavy atom. The highest BCUT2D eigenvalue weighted by molar-refractivity contribution is 8.07. The van der Waals surface area contributed by atoms with Gasteiger partial charge in [-0.3, -0.25) is 4.57 Å². The molecule has 1 saturated heterocycles. The van der Waals surface area contributed by atoms with Crippen LogP contribution in [0.2, 0.25) is 0 Å². The van der Waals surface area contributed by atoms with Crippen molar-refractivity contribution in [1.29, 1.82) is 0 Å². The van der Waals surface area contributed by atoms with Crippen LogP contribution in [0.1, 0.15) is 26.5 Å².